The highest BCUT2D eigenvalue weighted by Gasteiger charge is 2.23. The second kappa shape index (κ2) is 9.23. The molecule has 33 heavy (non-hydrogen) atoms. The zero-order chi connectivity index (χ0) is 23.4. The average molecular weight is 459 g/mol. The number of benzene rings is 3. The van der Waals surface area contributed by atoms with Crippen LogP contribution in [0.5, 0.6) is 5.88 Å². The number of rotatable bonds is 6. The van der Waals surface area contributed by atoms with Crippen LogP contribution in [0.25, 0.3) is 22.3 Å². The summed E-state index contributed by atoms with van der Waals surface area (Å²) in [6.45, 7) is 0.199. The first-order valence-electron chi connectivity index (χ1n) is 10.0. The van der Waals surface area contributed by atoms with Crippen molar-refractivity contribution in [2.24, 2.45) is 0 Å². The third kappa shape index (κ3) is 4.76. The molecule has 1 heterocycles. The molecule has 0 amide bonds. The molecule has 0 saturated carbocycles. The molecule has 0 saturated heterocycles. The number of nitrogens with zero attached hydrogens (tertiary/aromatic N) is 2. The molecule has 7 heteroatoms. The minimum Gasteiger partial charge on any atom is -0.472 e. The fraction of sp³-hybridized carbons (Fsp3) is 0.0769. The SMILES string of the molecule is CS(=O)(=O)c1ccccc1-c1cnc(OCc2ccccc2)c(C#N)c1-c1ccc(F)cc1. The van der Waals surface area contributed by atoms with Crippen LogP contribution >= 0.6 is 0 Å². The lowest BCUT2D eigenvalue weighted by Crippen LogP contribution is -2.04. The van der Waals surface area contributed by atoms with Gasteiger partial charge in [0.05, 0.1) is 4.90 Å². The van der Waals surface area contributed by atoms with Gasteiger partial charge in [-0.2, -0.15) is 5.26 Å². The summed E-state index contributed by atoms with van der Waals surface area (Å²) in [4.78, 5) is 4.46. The summed E-state index contributed by atoms with van der Waals surface area (Å²) in [5.74, 6) is -0.314. The van der Waals surface area contributed by atoms with E-state index in [-0.39, 0.29) is 22.9 Å². The van der Waals surface area contributed by atoms with Crippen LogP contribution < -0.4 is 4.74 Å². The monoisotopic (exact) mass is 458 g/mol. The normalized spacial score (nSPS) is 11.1. The van der Waals surface area contributed by atoms with Gasteiger partial charge in [-0.3, -0.25) is 0 Å². The average Bonchev–Trinajstić information content (AvgIpc) is 2.83. The van der Waals surface area contributed by atoms with E-state index in [1.165, 1.54) is 24.4 Å². The first-order chi connectivity index (χ1) is 15.9. The van der Waals surface area contributed by atoms with Crippen LogP contribution in [0.3, 0.4) is 0 Å². The Morgan fingerprint density at radius 3 is 2.27 bits per heavy atom. The van der Waals surface area contributed by atoms with Crippen molar-refractivity contribution in [1.82, 2.24) is 4.98 Å². The second-order valence-corrected chi connectivity index (χ2v) is 9.37. The molecule has 0 radical (unpaired) electrons. The molecule has 4 aromatic rings. The summed E-state index contributed by atoms with van der Waals surface area (Å²) in [7, 11) is -3.57. The number of hydrogen-bond acceptors (Lipinski definition) is 5. The van der Waals surface area contributed by atoms with Gasteiger partial charge in [-0.25, -0.2) is 17.8 Å². The van der Waals surface area contributed by atoms with Gasteiger partial charge >= 0.3 is 0 Å². The number of pyridine rings is 1. The molecule has 0 aliphatic rings. The Morgan fingerprint density at radius 2 is 1.61 bits per heavy atom. The minimum atomic E-state index is -3.57. The fourth-order valence-corrected chi connectivity index (χ4v) is 4.47. The smallest absolute Gasteiger partial charge is 0.232 e. The molecule has 0 atom stereocenters. The third-order valence-corrected chi connectivity index (χ3v) is 6.24. The Kier molecular flexibility index (Phi) is 6.20. The first-order valence-corrected chi connectivity index (χ1v) is 11.9. The largest absolute Gasteiger partial charge is 0.472 e. The first kappa shape index (κ1) is 22.2. The van der Waals surface area contributed by atoms with E-state index >= 15 is 0 Å². The molecule has 5 nitrogen and oxygen atoms in total. The van der Waals surface area contributed by atoms with Crippen molar-refractivity contribution in [3.05, 3.63) is 102 Å². The molecule has 3 aromatic carbocycles. The van der Waals surface area contributed by atoms with E-state index in [1.807, 2.05) is 30.3 Å². The van der Waals surface area contributed by atoms with Crippen molar-refractivity contribution in [3.63, 3.8) is 0 Å². The van der Waals surface area contributed by atoms with Gasteiger partial charge in [0.2, 0.25) is 5.88 Å². The minimum absolute atomic E-state index is 0.108. The maximum absolute atomic E-state index is 13.6. The van der Waals surface area contributed by atoms with Crippen molar-refractivity contribution in [2.45, 2.75) is 11.5 Å². The molecule has 0 aliphatic heterocycles. The third-order valence-electron chi connectivity index (χ3n) is 5.08. The summed E-state index contributed by atoms with van der Waals surface area (Å²) >= 11 is 0. The van der Waals surface area contributed by atoms with Crippen LogP contribution in [-0.4, -0.2) is 19.7 Å². The van der Waals surface area contributed by atoms with Gasteiger partial charge in [0, 0.05) is 29.1 Å². The van der Waals surface area contributed by atoms with E-state index in [0.717, 1.165) is 11.8 Å². The van der Waals surface area contributed by atoms with Crippen LogP contribution in [-0.2, 0) is 16.4 Å². The highest BCUT2D eigenvalue weighted by atomic mass is 32.2. The highest BCUT2D eigenvalue weighted by molar-refractivity contribution is 7.90. The van der Waals surface area contributed by atoms with Crippen molar-refractivity contribution in [2.75, 3.05) is 6.26 Å². The van der Waals surface area contributed by atoms with Crippen molar-refractivity contribution in [1.29, 1.82) is 5.26 Å². The molecule has 0 spiro atoms. The summed E-state index contributed by atoms with van der Waals surface area (Å²) in [6, 6.07) is 23.8. The molecule has 164 valence electrons. The fourth-order valence-electron chi connectivity index (χ4n) is 3.57. The molecule has 0 aliphatic carbocycles. The van der Waals surface area contributed by atoms with E-state index < -0.39 is 15.7 Å². The predicted molar refractivity (Wildman–Crippen MR) is 124 cm³/mol. The maximum atomic E-state index is 13.6. The number of sulfone groups is 1. The Labute approximate surface area is 191 Å². The molecule has 0 N–H and O–H groups in total. The van der Waals surface area contributed by atoms with Crippen LogP contribution in [0.4, 0.5) is 4.39 Å². The van der Waals surface area contributed by atoms with E-state index in [1.54, 1.807) is 30.3 Å². The number of halogens is 1. The predicted octanol–water partition coefficient (Wildman–Crippen LogP) is 5.41. The zero-order valence-corrected chi connectivity index (χ0v) is 18.5. The van der Waals surface area contributed by atoms with Gasteiger partial charge in [0.25, 0.3) is 0 Å². The molecular weight excluding hydrogens is 439 g/mol. The number of aromatic nitrogens is 1. The standard InChI is InChI=1S/C26H19FN2O3S/c1-33(30,31)24-10-6-5-9-21(24)23-16-29-26(32-17-18-7-3-2-4-8-18)22(15-28)25(23)19-11-13-20(27)14-12-19/h2-14,16H,17H2,1H3. The zero-order valence-electron chi connectivity index (χ0n) is 17.7. The van der Waals surface area contributed by atoms with Gasteiger partial charge in [-0.1, -0.05) is 60.7 Å². The summed E-state index contributed by atoms with van der Waals surface area (Å²) in [5, 5.41) is 10.1. The van der Waals surface area contributed by atoms with Crippen molar-refractivity contribution < 1.29 is 17.5 Å². The molecular formula is C26H19FN2O3S. The molecule has 0 bridgehead atoms. The summed E-state index contributed by atoms with van der Waals surface area (Å²) < 4.78 is 44.4. The van der Waals surface area contributed by atoms with Crippen molar-refractivity contribution >= 4 is 9.84 Å². The van der Waals surface area contributed by atoms with E-state index in [4.69, 9.17) is 4.74 Å². The van der Waals surface area contributed by atoms with Gasteiger partial charge in [-0.05, 0) is 29.3 Å². The number of ether oxygens (including phenoxy) is 1. The van der Waals surface area contributed by atoms with Crippen molar-refractivity contribution in [3.8, 4) is 34.2 Å². The van der Waals surface area contributed by atoms with E-state index in [9.17, 15) is 18.1 Å². The van der Waals surface area contributed by atoms with Gasteiger partial charge in [0.1, 0.15) is 24.1 Å². The molecule has 0 unspecified atom stereocenters. The number of nitriles is 1. The lowest BCUT2D eigenvalue weighted by molar-refractivity contribution is 0.293. The summed E-state index contributed by atoms with van der Waals surface area (Å²) in [5.41, 5.74) is 2.84. The van der Waals surface area contributed by atoms with Gasteiger partial charge < -0.3 is 4.74 Å². The van der Waals surface area contributed by atoms with E-state index in [0.29, 0.717) is 22.3 Å². The highest BCUT2D eigenvalue weighted by Crippen LogP contribution is 2.40. The van der Waals surface area contributed by atoms with Crippen LogP contribution in [0.1, 0.15) is 11.1 Å². The topological polar surface area (TPSA) is 80.1 Å². The quantitative estimate of drug-likeness (QED) is 0.386. The Hall–Kier alpha value is -4.02. The second-order valence-electron chi connectivity index (χ2n) is 7.39. The Balaban J connectivity index is 1.93. The molecule has 4 rings (SSSR count). The lowest BCUT2D eigenvalue weighted by atomic mass is 9.92. The van der Waals surface area contributed by atoms with E-state index in [2.05, 4.69) is 11.1 Å². The molecule has 1 aromatic heterocycles. The van der Waals surface area contributed by atoms with Crippen LogP contribution in [0.15, 0.2) is 90.0 Å². The van der Waals surface area contributed by atoms with Crippen LogP contribution in [0.2, 0.25) is 0 Å². The Morgan fingerprint density at radius 1 is 0.939 bits per heavy atom. The van der Waals surface area contributed by atoms with Gasteiger partial charge in [0.15, 0.2) is 9.84 Å². The maximum Gasteiger partial charge on any atom is 0.232 e. The Bertz CT molecular complexity index is 1450. The molecule has 0 fully saturated rings. The number of hydrogen-bond donors (Lipinski definition) is 0. The lowest BCUT2D eigenvalue weighted by Gasteiger charge is -2.17. The van der Waals surface area contributed by atoms with Gasteiger partial charge in [-0.15, -0.1) is 0 Å². The summed E-state index contributed by atoms with van der Waals surface area (Å²) in [6.07, 6.45) is 2.61. The van der Waals surface area contributed by atoms with Crippen LogP contribution in [0, 0.1) is 17.1 Å².